The van der Waals surface area contributed by atoms with E-state index in [1.165, 1.54) is 0 Å². The molecule has 38 heavy (non-hydrogen) atoms. The summed E-state index contributed by atoms with van der Waals surface area (Å²) in [5, 5.41) is 0.432. The van der Waals surface area contributed by atoms with Gasteiger partial charge in [0.2, 0.25) is 5.76 Å². The van der Waals surface area contributed by atoms with E-state index in [-0.39, 0.29) is 17.1 Å². The number of hydrogen-bond acceptors (Lipinski definition) is 6. The maximum Gasteiger partial charge on any atom is 0.295 e. The summed E-state index contributed by atoms with van der Waals surface area (Å²) in [6.07, 6.45) is 3.14. The molecule has 2 heterocycles. The number of carbonyl (C=O) groups is 1. The summed E-state index contributed by atoms with van der Waals surface area (Å²) in [5.74, 6) is 1.54. The van der Waals surface area contributed by atoms with Crippen LogP contribution in [-0.2, 0) is 0 Å². The van der Waals surface area contributed by atoms with E-state index in [2.05, 4.69) is 6.92 Å². The molecule has 1 unspecified atom stereocenters. The Kier molecular flexibility index (Phi) is 7.36. The van der Waals surface area contributed by atoms with Crippen LogP contribution in [0, 0.1) is 0 Å². The van der Waals surface area contributed by atoms with E-state index in [9.17, 15) is 9.59 Å². The fourth-order valence-corrected chi connectivity index (χ4v) is 4.86. The fourth-order valence-electron chi connectivity index (χ4n) is 4.86. The zero-order valence-corrected chi connectivity index (χ0v) is 21.9. The first-order valence-corrected chi connectivity index (χ1v) is 13.0. The average molecular weight is 514 g/mol. The predicted molar refractivity (Wildman–Crippen MR) is 147 cm³/mol. The monoisotopic (exact) mass is 513 g/mol. The molecule has 1 amide bonds. The number of nitrogens with zero attached hydrogens (tertiary/aromatic N) is 1. The lowest BCUT2D eigenvalue weighted by Gasteiger charge is -2.26. The summed E-state index contributed by atoms with van der Waals surface area (Å²) in [6, 6.07) is 19.0. The second-order valence-corrected chi connectivity index (χ2v) is 9.14. The van der Waals surface area contributed by atoms with E-state index in [4.69, 9.17) is 18.6 Å². The first kappa shape index (κ1) is 25.4. The average Bonchev–Trinajstić information content (AvgIpc) is 3.24. The molecule has 0 radical (unpaired) electrons. The highest BCUT2D eigenvalue weighted by Gasteiger charge is 2.44. The zero-order chi connectivity index (χ0) is 26.6. The molecule has 5 rings (SSSR count). The van der Waals surface area contributed by atoms with Crippen LogP contribution in [0.4, 0.5) is 5.69 Å². The summed E-state index contributed by atoms with van der Waals surface area (Å²) in [4.78, 5) is 29.2. The number of hydrogen-bond donors (Lipinski definition) is 0. The Balaban J connectivity index is 1.66. The van der Waals surface area contributed by atoms with Crippen LogP contribution in [0.3, 0.4) is 0 Å². The minimum atomic E-state index is -0.708. The molecule has 0 saturated heterocycles. The molecule has 0 aliphatic carbocycles. The second-order valence-electron chi connectivity index (χ2n) is 9.14. The van der Waals surface area contributed by atoms with Gasteiger partial charge in [-0.2, -0.15) is 0 Å². The molecule has 1 atom stereocenters. The van der Waals surface area contributed by atoms with E-state index in [0.717, 1.165) is 24.8 Å². The Hall–Kier alpha value is -4.26. The number of methoxy groups -OCH3 is 1. The molecule has 7 nitrogen and oxygen atoms in total. The molecule has 4 aromatic rings. The largest absolute Gasteiger partial charge is 0.497 e. The summed E-state index contributed by atoms with van der Waals surface area (Å²) in [6.45, 7) is 5.09. The van der Waals surface area contributed by atoms with Crippen molar-refractivity contribution in [3.63, 3.8) is 0 Å². The number of fused-ring (bicyclic) bond motifs is 2. The Bertz CT molecular complexity index is 1510. The van der Waals surface area contributed by atoms with Gasteiger partial charge in [-0.15, -0.1) is 0 Å². The van der Waals surface area contributed by atoms with Crippen LogP contribution in [0.1, 0.15) is 60.8 Å². The van der Waals surface area contributed by atoms with Gasteiger partial charge in [-0.25, -0.2) is 0 Å². The lowest BCUT2D eigenvalue weighted by Crippen LogP contribution is -2.29. The van der Waals surface area contributed by atoms with Crippen LogP contribution in [0.2, 0.25) is 0 Å². The standard InChI is InChI=1S/C31H31NO6/c1-4-6-9-18-37-25-17-12-20(19-26(25)36-5-2)28-27-29(33)23-10-7-8-11-24(23)38-30(27)31(34)32(28)21-13-15-22(35-3)16-14-21/h7-8,10-17,19,28H,4-6,9,18H2,1-3H3. The van der Waals surface area contributed by atoms with Gasteiger partial charge in [0.25, 0.3) is 5.91 Å². The number of carbonyl (C=O) groups excluding carboxylic acids is 1. The highest BCUT2D eigenvalue weighted by Crippen LogP contribution is 2.43. The molecule has 3 aromatic carbocycles. The van der Waals surface area contributed by atoms with Crippen molar-refractivity contribution in [1.29, 1.82) is 0 Å². The van der Waals surface area contributed by atoms with Gasteiger partial charge in [-0.1, -0.05) is 38.0 Å². The van der Waals surface area contributed by atoms with Crippen LogP contribution >= 0.6 is 0 Å². The van der Waals surface area contributed by atoms with Crippen molar-refractivity contribution in [1.82, 2.24) is 0 Å². The van der Waals surface area contributed by atoms with Crippen LogP contribution in [0.15, 0.2) is 75.9 Å². The molecular formula is C31H31NO6. The third-order valence-corrected chi connectivity index (χ3v) is 6.72. The molecule has 7 heteroatoms. The number of benzene rings is 3. The Labute approximate surface area is 221 Å². The van der Waals surface area contributed by atoms with Gasteiger partial charge in [0, 0.05) is 5.69 Å². The van der Waals surface area contributed by atoms with Gasteiger partial charge in [0.1, 0.15) is 11.3 Å². The Morgan fingerprint density at radius 2 is 1.68 bits per heavy atom. The van der Waals surface area contributed by atoms with Crippen LogP contribution < -0.4 is 24.5 Å². The molecule has 1 aromatic heterocycles. The smallest absolute Gasteiger partial charge is 0.295 e. The van der Waals surface area contributed by atoms with Crippen molar-refractivity contribution in [3.05, 3.63) is 93.8 Å². The third-order valence-electron chi connectivity index (χ3n) is 6.72. The summed E-state index contributed by atoms with van der Waals surface area (Å²) in [7, 11) is 1.59. The molecule has 1 aliphatic heterocycles. The van der Waals surface area contributed by atoms with Crippen molar-refractivity contribution < 1.29 is 23.4 Å². The number of unbranched alkanes of at least 4 members (excludes halogenated alkanes) is 2. The number of anilines is 1. The maximum absolute atomic E-state index is 13.8. The quantitative estimate of drug-likeness (QED) is 0.225. The van der Waals surface area contributed by atoms with Gasteiger partial charge >= 0.3 is 0 Å². The number of amides is 1. The number of ether oxygens (including phenoxy) is 3. The van der Waals surface area contributed by atoms with Crippen molar-refractivity contribution in [2.24, 2.45) is 0 Å². The topological polar surface area (TPSA) is 78.2 Å². The zero-order valence-electron chi connectivity index (χ0n) is 21.9. The van der Waals surface area contributed by atoms with E-state index >= 15 is 0 Å². The first-order chi connectivity index (χ1) is 18.6. The van der Waals surface area contributed by atoms with Gasteiger partial charge in [-0.05, 0) is 67.4 Å². The third kappa shape index (κ3) is 4.60. The Morgan fingerprint density at radius 3 is 2.42 bits per heavy atom. The van der Waals surface area contributed by atoms with Gasteiger partial charge in [-0.3, -0.25) is 14.5 Å². The molecule has 0 N–H and O–H groups in total. The predicted octanol–water partition coefficient (Wildman–Crippen LogP) is 6.52. The Morgan fingerprint density at radius 1 is 0.895 bits per heavy atom. The summed E-state index contributed by atoms with van der Waals surface area (Å²) >= 11 is 0. The van der Waals surface area contributed by atoms with Crippen molar-refractivity contribution in [2.75, 3.05) is 25.2 Å². The van der Waals surface area contributed by atoms with E-state index in [1.54, 1.807) is 60.5 Å². The molecule has 0 saturated carbocycles. The van der Waals surface area contributed by atoms with E-state index in [1.807, 2.05) is 25.1 Å². The molecular weight excluding hydrogens is 482 g/mol. The van der Waals surface area contributed by atoms with Gasteiger partial charge < -0.3 is 18.6 Å². The molecule has 1 aliphatic rings. The minimum absolute atomic E-state index is 0.0485. The lowest BCUT2D eigenvalue weighted by atomic mass is 9.97. The fraction of sp³-hybridized carbons (Fsp3) is 0.290. The molecule has 0 bridgehead atoms. The first-order valence-electron chi connectivity index (χ1n) is 13.0. The van der Waals surface area contributed by atoms with E-state index < -0.39 is 6.04 Å². The summed E-state index contributed by atoms with van der Waals surface area (Å²) < 4.78 is 23.3. The summed E-state index contributed by atoms with van der Waals surface area (Å²) in [5.41, 5.74) is 1.80. The van der Waals surface area contributed by atoms with Crippen molar-refractivity contribution in [3.8, 4) is 17.2 Å². The SMILES string of the molecule is CCCCCOc1ccc(C2c3c(oc4ccccc4c3=O)C(=O)N2c2ccc(OC)cc2)cc1OCC. The van der Waals surface area contributed by atoms with Gasteiger partial charge in [0.05, 0.1) is 37.3 Å². The van der Waals surface area contributed by atoms with Crippen LogP contribution in [0.5, 0.6) is 17.2 Å². The molecule has 196 valence electrons. The molecule has 0 fully saturated rings. The lowest BCUT2D eigenvalue weighted by molar-refractivity contribution is 0.0971. The minimum Gasteiger partial charge on any atom is -0.497 e. The van der Waals surface area contributed by atoms with Crippen molar-refractivity contribution in [2.45, 2.75) is 39.2 Å². The van der Waals surface area contributed by atoms with Crippen LogP contribution in [-0.4, -0.2) is 26.2 Å². The number of para-hydroxylation sites is 1. The van der Waals surface area contributed by atoms with Crippen molar-refractivity contribution >= 4 is 22.6 Å². The highest BCUT2D eigenvalue weighted by atomic mass is 16.5. The second kappa shape index (κ2) is 11.0. The van der Waals surface area contributed by atoms with E-state index in [0.29, 0.717) is 52.7 Å². The number of rotatable bonds is 10. The highest BCUT2D eigenvalue weighted by molar-refractivity contribution is 6.10. The molecule has 0 spiro atoms. The van der Waals surface area contributed by atoms with Gasteiger partial charge in [0.15, 0.2) is 16.9 Å². The van der Waals surface area contributed by atoms with Crippen LogP contribution in [0.25, 0.3) is 11.0 Å². The normalized spacial score (nSPS) is 14.6. The maximum atomic E-state index is 13.8.